The van der Waals surface area contributed by atoms with Crippen LogP contribution in [0.2, 0.25) is 0 Å². The van der Waals surface area contributed by atoms with E-state index < -0.39 is 55.9 Å². The first-order valence-electron chi connectivity index (χ1n) is 7.66. The van der Waals surface area contributed by atoms with E-state index in [9.17, 15) is 32.2 Å². The van der Waals surface area contributed by atoms with Gasteiger partial charge < -0.3 is 30.5 Å². The zero-order chi connectivity index (χ0) is 20.9. The van der Waals surface area contributed by atoms with E-state index in [1.807, 2.05) is 0 Å². The molecule has 10 nitrogen and oxygen atoms in total. The average Bonchev–Trinajstić information content (AvgIpc) is 3.14. The van der Waals surface area contributed by atoms with E-state index in [1.54, 1.807) is 0 Å². The summed E-state index contributed by atoms with van der Waals surface area (Å²) in [5.74, 6) is -5.54. The van der Waals surface area contributed by atoms with E-state index in [1.165, 1.54) is 0 Å². The van der Waals surface area contributed by atoms with E-state index >= 15 is 0 Å². The molecule has 156 valence electrons. The first kappa shape index (κ1) is 20.4. The number of rotatable bonds is 5. The van der Waals surface area contributed by atoms with Gasteiger partial charge in [-0.2, -0.15) is 31.9 Å². The molecule has 15 heteroatoms. The van der Waals surface area contributed by atoms with Gasteiger partial charge in [-0.1, -0.05) is 0 Å². The molecule has 5 N–H and O–H groups in total. The fraction of sp³-hybridized carbons (Fsp3) is 0.615. The Morgan fingerprint density at radius 2 is 1.86 bits per heavy atom. The van der Waals surface area contributed by atoms with Crippen molar-refractivity contribution in [3.8, 4) is 6.01 Å². The van der Waals surface area contributed by atoms with Crippen LogP contribution in [-0.2, 0) is 4.74 Å². The summed E-state index contributed by atoms with van der Waals surface area (Å²) in [7, 11) is 0. The third kappa shape index (κ3) is 3.41. The van der Waals surface area contributed by atoms with Crippen molar-refractivity contribution in [2.75, 3.05) is 18.9 Å². The predicted octanol–water partition coefficient (Wildman–Crippen LogP) is -0.404. The maximum atomic E-state index is 13.0. The quantitative estimate of drug-likeness (QED) is 0.479. The first-order chi connectivity index (χ1) is 13.0. The Morgan fingerprint density at radius 1 is 1.18 bits per heavy atom. The summed E-state index contributed by atoms with van der Waals surface area (Å²) in [5.41, 5.74) is 5.31. The molecule has 0 unspecified atom stereocenters. The number of hydrogen-bond donors (Lipinski definition) is 4. The zero-order valence-corrected chi connectivity index (χ0v) is 13.7. The standard InChI is InChI=1S/C13H14F5N5O5/c14-12(15,13(16,17)18)2-27-11-21-8(19)5-9(22-11)23(3-20-5)10-7(26)6(25)4(1-24)28-10/h3-4,6-7,10,24-26H,1-2H2,(H2,19,21,22)/t4-,6-,7-,10-/m1/s1. The van der Waals surface area contributed by atoms with Crippen LogP contribution in [0, 0.1) is 0 Å². The summed E-state index contributed by atoms with van der Waals surface area (Å²) in [4.78, 5) is 11.0. The summed E-state index contributed by atoms with van der Waals surface area (Å²) in [6, 6.07) is -0.887. The summed E-state index contributed by atoms with van der Waals surface area (Å²) < 4.78 is 73.4. The molecule has 0 aliphatic carbocycles. The van der Waals surface area contributed by atoms with Crippen molar-refractivity contribution in [3.05, 3.63) is 6.33 Å². The predicted molar refractivity (Wildman–Crippen MR) is 79.2 cm³/mol. The van der Waals surface area contributed by atoms with E-state index in [0.29, 0.717) is 0 Å². The van der Waals surface area contributed by atoms with Crippen molar-refractivity contribution in [2.45, 2.75) is 36.6 Å². The number of aliphatic hydroxyl groups is 3. The third-order valence-electron chi connectivity index (χ3n) is 4.02. The van der Waals surface area contributed by atoms with Gasteiger partial charge in [-0.25, -0.2) is 4.98 Å². The normalized spacial score (nSPS) is 26.1. The van der Waals surface area contributed by atoms with Gasteiger partial charge in [-0.05, 0) is 0 Å². The average molecular weight is 415 g/mol. The van der Waals surface area contributed by atoms with Crippen LogP contribution in [0.25, 0.3) is 11.2 Å². The van der Waals surface area contributed by atoms with Crippen molar-refractivity contribution >= 4 is 17.0 Å². The van der Waals surface area contributed by atoms with Gasteiger partial charge in [-0.3, -0.25) is 4.57 Å². The van der Waals surface area contributed by atoms with E-state index in [-0.39, 0.29) is 17.0 Å². The Kier molecular flexibility index (Phi) is 5.03. The number of nitrogens with zero attached hydrogens (tertiary/aromatic N) is 4. The van der Waals surface area contributed by atoms with Gasteiger partial charge in [0.15, 0.2) is 29.8 Å². The lowest BCUT2D eigenvalue weighted by Crippen LogP contribution is -2.42. The molecule has 0 amide bonds. The maximum absolute atomic E-state index is 13.0. The number of fused-ring (bicyclic) bond motifs is 1. The third-order valence-corrected chi connectivity index (χ3v) is 4.02. The second-order valence-electron chi connectivity index (χ2n) is 5.94. The van der Waals surface area contributed by atoms with Crippen LogP contribution < -0.4 is 10.5 Å². The largest absolute Gasteiger partial charge is 0.457 e. The first-order valence-corrected chi connectivity index (χ1v) is 7.66. The summed E-state index contributed by atoms with van der Waals surface area (Å²) >= 11 is 0. The molecule has 4 atom stereocenters. The molecule has 2 aromatic rings. The number of ether oxygens (including phenoxy) is 2. The molecule has 0 saturated carbocycles. The van der Waals surface area contributed by atoms with Gasteiger partial charge in [0.25, 0.3) is 0 Å². The van der Waals surface area contributed by atoms with Crippen molar-refractivity contribution in [1.29, 1.82) is 0 Å². The van der Waals surface area contributed by atoms with Crippen molar-refractivity contribution in [3.63, 3.8) is 0 Å². The zero-order valence-electron chi connectivity index (χ0n) is 13.7. The summed E-state index contributed by atoms with van der Waals surface area (Å²) in [6.45, 7) is -2.69. The van der Waals surface area contributed by atoms with Gasteiger partial charge in [0.2, 0.25) is 0 Å². The van der Waals surface area contributed by atoms with Crippen LogP contribution >= 0.6 is 0 Å². The molecular weight excluding hydrogens is 401 g/mol. The lowest BCUT2D eigenvalue weighted by atomic mass is 10.1. The highest BCUT2D eigenvalue weighted by Gasteiger charge is 2.58. The second-order valence-corrected chi connectivity index (χ2v) is 5.94. The highest BCUT2D eigenvalue weighted by Crippen LogP contribution is 2.36. The van der Waals surface area contributed by atoms with Crippen LogP contribution in [0.15, 0.2) is 6.33 Å². The molecule has 1 aliphatic rings. The Morgan fingerprint density at radius 3 is 2.43 bits per heavy atom. The molecule has 0 radical (unpaired) electrons. The van der Waals surface area contributed by atoms with Crippen molar-refractivity contribution in [2.24, 2.45) is 0 Å². The van der Waals surface area contributed by atoms with E-state index in [2.05, 4.69) is 19.7 Å². The lowest BCUT2D eigenvalue weighted by molar-refractivity contribution is -0.290. The number of aliphatic hydroxyl groups excluding tert-OH is 3. The maximum Gasteiger partial charge on any atom is 0.456 e. The van der Waals surface area contributed by atoms with Gasteiger partial charge in [0.1, 0.15) is 18.3 Å². The van der Waals surface area contributed by atoms with Crippen LogP contribution in [-0.4, -0.2) is 78.5 Å². The molecule has 0 spiro atoms. The van der Waals surface area contributed by atoms with Gasteiger partial charge in [0, 0.05) is 0 Å². The second kappa shape index (κ2) is 6.91. The number of alkyl halides is 5. The fourth-order valence-corrected chi connectivity index (χ4v) is 2.52. The van der Waals surface area contributed by atoms with Crippen LogP contribution in [0.3, 0.4) is 0 Å². The molecule has 1 fully saturated rings. The Bertz CT molecular complexity index is 862. The molecule has 28 heavy (non-hydrogen) atoms. The van der Waals surface area contributed by atoms with Crippen LogP contribution in [0.4, 0.5) is 27.8 Å². The van der Waals surface area contributed by atoms with Gasteiger partial charge >= 0.3 is 18.1 Å². The minimum atomic E-state index is -5.83. The number of halogens is 5. The highest BCUT2D eigenvalue weighted by atomic mass is 19.4. The minimum absolute atomic E-state index is 0.0762. The van der Waals surface area contributed by atoms with Gasteiger partial charge in [0.05, 0.1) is 12.9 Å². The highest BCUT2D eigenvalue weighted by molar-refractivity contribution is 5.82. The number of anilines is 1. The molecule has 0 aromatic carbocycles. The van der Waals surface area contributed by atoms with E-state index in [4.69, 9.17) is 15.6 Å². The fourth-order valence-electron chi connectivity index (χ4n) is 2.52. The Balaban J connectivity index is 1.91. The molecule has 0 bridgehead atoms. The topological polar surface area (TPSA) is 149 Å². The molecule has 3 rings (SSSR count). The Hall–Kier alpha value is -2.36. The number of hydrogen-bond acceptors (Lipinski definition) is 9. The Labute approximate surface area is 152 Å². The van der Waals surface area contributed by atoms with Crippen molar-refractivity contribution in [1.82, 2.24) is 19.5 Å². The van der Waals surface area contributed by atoms with Crippen LogP contribution in [0.5, 0.6) is 6.01 Å². The van der Waals surface area contributed by atoms with Crippen molar-refractivity contribution < 1.29 is 46.7 Å². The number of nitrogens with two attached hydrogens (primary N) is 1. The monoisotopic (exact) mass is 415 g/mol. The number of imidazole rings is 1. The summed E-state index contributed by atoms with van der Waals surface area (Å²) in [6.07, 6.45) is -10.2. The lowest BCUT2D eigenvalue weighted by Gasteiger charge is -2.19. The molecule has 2 aromatic heterocycles. The van der Waals surface area contributed by atoms with Gasteiger partial charge in [-0.15, -0.1) is 0 Å². The minimum Gasteiger partial charge on any atom is -0.457 e. The number of aromatic nitrogens is 4. The van der Waals surface area contributed by atoms with Crippen LogP contribution in [0.1, 0.15) is 6.23 Å². The smallest absolute Gasteiger partial charge is 0.456 e. The molecular formula is C13H14F5N5O5. The summed E-state index contributed by atoms with van der Waals surface area (Å²) in [5, 5.41) is 29.0. The number of nitrogen functional groups attached to an aromatic ring is 1. The molecule has 1 saturated heterocycles. The molecule has 3 heterocycles. The van der Waals surface area contributed by atoms with E-state index in [0.717, 1.165) is 10.9 Å². The SMILES string of the molecule is Nc1nc(OCC(F)(F)C(F)(F)F)nc2c1ncn2[C@@H]1O[C@H](CO)[C@@H](O)[C@H]1O. The molecule has 1 aliphatic heterocycles.